The number of anilines is 1. The number of hydrogen-bond acceptors (Lipinski definition) is 2. The van der Waals surface area contributed by atoms with Crippen LogP contribution < -0.4 is 5.32 Å². The average molecular weight is 334 g/mol. The lowest BCUT2D eigenvalue weighted by atomic mass is 9.75. The molecule has 2 nitrogen and oxygen atoms in total. The zero-order valence-electron chi connectivity index (χ0n) is 12.1. The lowest BCUT2D eigenvalue weighted by Gasteiger charge is -2.42. The van der Waals surface area contributed by atoms with E-state index >= 15 is 0 Å². The van der Waals surface area contributed by atoms with Crippen LogP contribution in [0.4, 0.5) is 5.69 Å². The lowest BCUT2D eigenvalue weighted by Crippen LogP contribution is -2.37. The Kier molecular flexibility index (Phi) is 3.77. The first kappa shape index (κ1) is 14.4. The fourth-order valence-electron chi connectivity index (χ4n) is 3.73. The zero-order valence-corrected chi connectivity index (χ0v) is 13.6. The van der Waals surface area contributed by atoms with Gasteiger partial charge in [-0.15, -0.1) is 0 Å². The quantitative estimate of drug-likeness (QED) is 0.766. The molecule has 0 radical (unpaired) electrons. The van der Waals surface area contributed by atoms with Gasteiger partial charge < -0.3 is 10.1 Å². The van der Waals surface area contributed by atoms with Gasteiger partial charge in [-0.2, -0.15) is 0 Å². The Bertz CT molecular complexity index is 703. The summed E-state index contributed by atoms with van der Waals surface area (Å²) in [6.45, 7) is 1.70. The Balaban J connectivity index is 1.70. The van der Waals surface area contributed by atoms with Gasteiger partial charge in [-0.3, -0.25) is 0 Å². The Morgan fingerprint density at radius 2 is 1.91 bits per heavy atom. The predicted molar refractivity (Wildman–Crippen MR) is 90.9 cm³/mol. The topological polar surface area (TPSA) is 21.3 Å². The van der Waals surface area contributed by atoms with Crippen LogP contribution in [-0.4, -0.2) is 13.2 Å². The van der Waals surface area contributed by atoms with E-state index < -0.39 is 0 Å². The number of benzene rings is 2. The summed E-state index contributed by atoms with van der Waals surface area (Å²) < 4.78 is 6.11. The van der Waals surface area contributed by atoms with Gasteiger partial charge in [-0.1, -0.05) is 47.5 Å². The highest BCUT2D eigenvalue weighted by Crippen LogP contribution is 2.47. The zero-order chi connectivity index (χ0) is 15.1. The van der Waals surface area contributed by atoms with E-state index in [4.69, 9.17) is 27.9 Å². The van der Waals surface area contributed by atoms with Crippen LogP contribution in [0.3, 0.4) is 0 Å². The van der Waals surface area contributed by atoms with Gasteiger partial charge in [0.2, 0.25) is 0 Å². The van der Waals surface area contributed by atoms with Crippen LogP contribution in [0.2, 0.25) is 10.0 Å². The largest absolute Gasteiger partial charge is 0.384 e. The summed E-state index contributed by atoms with van der Waals surface area (Å²) in [4.78, 5) is 0. The molecule has 2 aliphatic rings. The summed E-state index contributed by atoms with van der Waals surface area (Å²) in [7, 11) is 0. The highest BCUT2D eigenvalue weighted by molar-refractivity contribution is 6.42. The fourth-order valence-corrected chi connectivity index (χ4v) is 4.04. The van der Waals surface area contributed by atoms with Crippen molar-refractivity contribution in [1.82, 2.24) is 0 Å². The molecule has 0 spiro atoms. The molecule has 4 rings (SSSR count). The Morgan fingerprint density at radius 1 is 1.05 bits per heavy atom. The van der Waals surface area contributed by atoms with Gasteiger partial charge in [0, 0.05) is 30.3 Å². The van der Waals surface area contributed by atoms with E-state index in [0.717, 1.165) is 19.6 Å². The Labute approximate surface area is 140 Å². The van der Waals surface area contributed by atoms with Gasteiger partial charge in [0.05, 0.1) is 16.1 Å². The molecule has 0 aliphatic carbocycles. The van der Waals surface area contributed by atoms with Crippen molar-refractivity contribution in [1.29, 1.82) is 0 Å². The summed E-state index contributed by atoms with van der Waals surface area (Å²) >= 11 is 12.3. The van der Waals surface area contributed by atoms with Crippen LogP contribution in [0.25, 0.3) is 0 Å². The maximum atomic E-state index is 6.21. The van der Waals surface area contributed by atoms with Crippen molar-refractivity contribution in [3.8, 4) is 0 Å². The molecule has 3 atom stereocenters. The molecule has 114 valence electrons. The second kappa shape index (κ2) is 5.77. The normalized spacial score (nSPS) is 26.7. The van der Waals surface area contributed by atoms with E-state index in [-0.39, 0.29) is 6.10 Å². The number of halogens is 2. The van der Waals surface area contributed by atoms with Crippen molar-refractivity contribution in [2.24, 2.45) is 5.92 Å². The van der Waals surface area contributed by atoms with Crippen LogP contribution in [0.5, 0.6) is 0 Å². The third-order valence-corrected chi connectivity index (χ3v) is 5.54. The SMILES string of the molecule is Clc1ccc([C@H]2CCOC3c4ccccc4NCC32)cc1Cl. The van der Waals surface area contributed by atoms with Crippen LogP contribution >= 0.6 is 23.2 Å². The molecule has 0 amide bonds. The molecular weight excluding hydrogens is 317 g/mol. The first-order valence-electron chi connectivity index (χ1n) is 7.63. The second-order valence-corrected chi connectivity index (χ2v) is 6.81. The van der Waals surface area contributed by atoms with Crippen molar-refractivity contribution in [3.63, 3.8) is 0 Å². The van der Waals surface area contributed by atoms with Crippen LogP contribution in [0.1, 0.15) is 29.6 Å². The molecule has 0 aromatic heterocycles. The summed E-state index contributed by atoms with van der Waals surface area (Å²) in [6, 6.07) is 14.4. The smallest absolute Gasteiger partial charge is 0.0895 e. The number of nitrogens with one attached hydrogen (secondary N) is 1. The molecule has 4 heteroatoms. The predicted octanol–water partition coefficient (Wildman–Crippen LogP) is 5.28. The molecule has 2 aromatic carbocycles. The molecule has 2 unspecified atom stereocenters. The highest BCUT2D eigenvalue weighted by atomic mass is 35.5. The standard InChI is InChI=1S/C18H17Cl2NO/c19-15-6-5-11(9-16(15)20)12-7-8-22-18-13-3-1-2-4-17(13)21-10-14(12)18/h1-6,9,12,14,18,21H,7-8,10H2/t12-,14?,18?/m1/s1. The molecule has 22 heavy (non-hydrogen) atoms. The van der Waals surface area contributed by atoms with Crippen molar-refractivity contribution >= 4 is 28.9 Å². The van der Waals surface area contributed by atoms with Crippen molar-refractivity contribution in [2.45, 2.75) is 18.4 Å². The fraction of sp³-hybridized carbons (Fsp3) is 0.333. The third-order valence-electron chi connectivity index (χ3n) is 4.80. The first-order chi connectivity index (χ1) is 10.7. The highest BCUT2D eigenvalue weighted by Gasteiger charge is 2.39. The minimum Gasteiger partial charge on any atom is -0.384 e. The van der Waals surface area contributed by atoms with E-state index in [1.54, 1.807) is 0 Å². The Morgan fingerprint density at radius 3 is 2.77 bits per heavy atom. The van der Waals surface area contributed by atoms with Crippen molar-refractivity contribution in [2.75, 3.05) is 18.5 Å². The van der Waals surface area contributed by atoms with E-state index in [1.807, 2.05) is 12.1 Å². The summed E-state index contributed by atoms with van der Waals surface area (Å²) in [5.41, 5.74) is 3.72. The molecule has 2 aromatic rings. The van der Waals surface area contributed by atoms with E-state index in [0.29, 0.717) is 21.9 Å². The van der Waals surface area contributed by atoms with Gasteiger partial charge >= 0.3 is 0 Å². The van der Waals surface area contributed by atoms with E-state index in [9.17, 15) is 0 Å². The molecular formula is C18H17Cl2NO. The van der Waals surface area contributed by atoms with Gasteiger partial charge in [0.15, 0.2) is 0 Å². The number of rotatable bonds is 1. The number of hydrogen-bond donors (Lipinski definition) is 1. The molecule has 2 heterocycles. The molecule has 2 aliphatic heterocycles. The van der Waals surface area contributed by atoms with E-state index in [1.165, 1.54) is 16.8 Å². The van der Waals surface area contributed by atoms with E-state index in [2.05, 4.69) is 35.6 Å². The van der Waals surface area contributed by atoms with Gasteiger partial charge in [0.25, 0.3) is 0 Å². The summed E-state index contributed by atoms with van der Waals surface area (Å²) in [5.74, 6) is 0.857. The monoisotopic (exact) mass is 333 g/mol. The number of para-hydroxylation sites is 1. The minimum absolute atomic E-state index is 0.158. The molecule has 0 bridgehead atoms. The first-order valence-corrected chi connectivity index (χ1v) is 8.39. The molecule has 1 saturated heterocycles. The summed E-state index contributed by atoms with van der Waals surface area (Å²) in [5, 5.41) is 4.79. The lowest BCUT2D eigenvalue weighted by molar-refractivity contribution is -0.0381. The minimum atomic E-state index is 0.158. The van der Waals surface area contributed by atoms with Crippen molar-refractivity contribution in [3.05, 3.63) is 63.6 Å². The maximum Gasteiger partial charge on any atom is 0.0895 e. The van der Waals surface area contributed by atoms with Gasteiger partial charge in [0.1, 0.15) is 0 Å². The maximum absolute atomic E-state index is 6.21. The average Bonchev–Trinajstić information content (AvgIpc) is 2.56. The molecule has 1 fully saturated rings. The van der Waals surface area contributed by atoms with Crippen molar-refractivity contribution < 1.29 is 4.74 Å². The summed E-state index contributed by atoms with van der Waals surface area (Å²) in [6.07, 6.45) is 1.17. The molecule has 1 N–H and O–H groups in total. The molecule has 0 saturated carbocycles. The van der Waals surface area contributed by atoms with Crippen LogP contribution in [0, 0.1) is 5.92 Å². The number of fused-ring (bicyclic) bond motifs is 3. The second-order valence-electron chi connectivity index (χ2n) is 5.99. The van der Waals surface area contributed by atoms with Gasteiger partial charge in [-0.05, 0) is 36.1 Å². The number of ether oxygens (including phenoxy) is 1. The Hall–Kier alpha value is -1.22. The third kappa shape index (κ3) is 2.40. The van der Waals surface area contributed by atoms with Crippen LogP contribution in [-0.2, 0) is 4.74 Å². The van der Waals surface area contributed by atoms with Gasteiger partial charge in [-0.25, -0.2) is 0 Å². The van der Waals surface area contributed by atoms with Crippen LogP contribution in [0.15, 0.2) is 42.5 Å².